The highest BCUT2D eigenvalue weighted by atomic mass is 35.5. The molecule has 0 radical (unpaired) electrons. The Morgan fingerprint density at radius 3 is 2.59 bits per heavy atom. The zero-order chi connectivity index (χ0) is 13.2. The van der Waals surface area contributed by atoms with Gasteiger partial charge in [0.15, 0.2) is 0 Å². The van der Waals surface area contributed by atoms with E-state index in [4.69, 9.17) is 21.8 Å². The predicted octanol–water partition coefficient (Wildman–Crippen LogP) is -1.14. The fourth-order valence-corrected chi connectivity index (χ4v) is 1.85. The van der Waals surface area contributed by atoms with Gasteiger partial charge in [-0.1, -0.05) is 11.6 Å². The first-order chi connectivity index (χ1) is 7.95. The minimum Gasteiger partial charge on any atom is -0.477 e. The van der Waals surface area contributed by atoms with Gasteiger partial charge in [-0.2, -0.15) is 0 Å². The van der Waals surface area contributed by atoms with Crippen LogP contribution in [0.15, 0.2) is 11.3 Å². The zero-order valence-corrected chi connectivity index (χ0v) is 9.64. The molecular formula is C9H11ClN2O5. The number of carboxylic acids is 1. The van der Waals surface area contributed by atoms with Crippen LogP contribution < -0.4 is 5.32 Å². The van der Waals surface area contributed by atoms with Crippen LogP contribution in [0.1, 0.15) is 6.92 Å². The number of aliphatic hydroxyl groups excluding tert-OH is 1. The van der Waals surface area contributed by atoms with Gasteiger partial charge < -0.3 is 15.5 Å². The molecule has 7 nitrogen and oxygen atoms in total. The Morgan fingerprint density at radius 2 is 2.24 bits per heavy atom. The lowest BCUT2D eigenvalue weighted by Crippen LogP contribution is -2.67. The molecule has 1 fully saturated rings. The zero-order valence-electron chi connectivity index (χ0n) is 8.88. The molecule has 94 valence electrons. The van der Waals surface area contributed by atoms with Crippen LogP contribution in [0.5, 0.6) is 0 Å². The summed E-state index contributed by atoms with van der Waals surface area (Å²) in [5.41, 5.74) is -1.22. The number of β-lactam (4-membered cyclic amide) rings is 1. The Morgan fingerprint density at radius 1 is 1.65 bits per heavy atom. The molecule has 1 rings (SSSR count). The average Bonchev–Trinajstić information content (AvgIpc) is 2.31. The summed E-state index contributed by atoms with van der Waals surface area (Å²) < 4.78 is 0. The van der Waals surface area contributed by atoms with Crippen molar-refractivity contribution in [1.29, 1.82) is 0 Å². The quantitative estimate of drug-likeness (QED) is 0.191. The van der Waals surface area contributed by atoms with Crippen molar-refractivity contribution in [3.63, 3.8) is 0 Å². The second-order valence-corrected chi connectivity index (χ2v) is 3.88. The highest BCUT2D eigenvalue weighted by Gasteiger charge is 2.50. The lowest BCUT2D eigenvalue weighted by atomic mass is 10.0. The second-order valence-electron chi connectivity index (χ2n) is 3.44. The second kappa shape index (κ2) is 5.15. The molecule has 0 unspecified atom stereocenters. The smallest absolute Gasteiger partial charge is 0.352 e. The first-order valence-corrected chi connectivity index (χ1v) is 5.10. The lowest BCUT2D eigenvalue weighted by molar-refractivity contribution is -0.150. The van der Waals surface area contributed by atoms with E-state index in [1.807, 2.05) is 0 Å². The standard InChI is InChI=1S/C9H11ClN2O5/c1-4(2-13)6(9(16)17)12-7(10)5(8(12)15)11-3-14/h3,5,7,13H,2H2,1H3,(H,11,14)(H,16,17)/t5-,7+/m1/s1. The lowest BCUT2D eigenvalue weighted by Gasteiger charge is -2.43. The molecule has 2 amide bonds. The summed E-state index contributed by atoms with van der Waals surface area (Å²) in [7, 11) is 0. The van der Waals surface area contributed by atoms with Gasteiger partial charge >= 0.3 is 5.97 Å². The molecule has 0 aromatic heterocycles. The minimum absolute atomic E-state index is 0.112. The summed E-state index contributed by atoms with van der Waals surface area (Å²) in [5.74, 6) is -1.98. The van der Waals surface area contributed by atoms with Crippen molar-refractivity contribution >= 4 is 29.9 Å². The summed E-state index contributed by atoms with van der Waals surface area (Å²) in [4.78, 5) is 33.6. The Kier molecular flexibility index (Phi) is 4.08. The predicted molar refractivity (Wildman–Crippen MR) is 56.9 cm³/mol. The van der Waals surface area contributed by atoms with Crippen LogP contribution in [0, 0.1) is 0 Å². The first kappa shape index (κ1) is 13.5. The van der Waals surface area contributed by atoms with Crippen molar-refractivity contribution in [2.24, 2.45) is 0 Å². The number of carboxylic acid groups (broad SMARTS) is 1. The topological polar surface area (TPSA) is 107 Å². The highest BCUT2D eigenvalue weighted by molar-refractivity contribution is 6.27. The van der Waals surface area contributed by atoms with Crippen LogP contribution >= 0.6 is 11.6 Å². The molecule has 0 aliphatic carbocycles. The summed E-state index contributed by atoms with van der Waals surface area (Å²) in [5, 5.41) is 20.0. The number of hydrogen-bond donors (Lipinski definition) is 3. The van der Waals surface area contributed by atoms with Crippen LogP contribution in [0.3, 0.4) is 0 Å². The maximum atomic E-state index is 11.6. The SMILES string of the molecule is CC(CO)=C(C(=O)O)N1C(=O)[C@H](NC=O)[C@H]1Cl. The number of amides is 2. The fraction of sp³-hybridized carbons (Fsp3) is 0.444. The van der Waals surface area contributed by atoms with Crippen molar-refractivity contribution in [1.82, 2.24) is 10.2 Å². The molecule has 1 aliphatic rings. The number of rotatable bonds is 5. The molecule has 0 aromatic rings. The Labute approximate surface area is 102 Å². The van der Waals surface area contributed by atoms with Crippen molar-refractivity contribution in [3.8, 4) is 0 Å². The number of aliphatic carboxylic acids is 1. The number of hydrogen-bond acceptors (Lipinski definition) is 4. The Balaban J connectivity index is 2.98. The van der Waals surface area contributed by atoms with Gasteiger partial charge in [0.1, 0.15) is 17.2 Å². The van der Waals surface area contributed by atoms with Crippen LogP contribution in [-0.2, 0) is 14.4 Å². The molecule has 1 aliphatic heterocycles. The van der Waals surface area contributed by atoms with Crippen LogP contribution in [-0.4, -0.2) is 51.5 Å². The number of aliphatic hydroxyl groups is 1. The minimum atomic E-state index is -1.36. The Hall–Kier alpha value is -1.60. The van der Waals surface area contributed by atoms with Gasteiger partial charge in [0.05, 0.1) is 6.61 Å². The molecule has 0 spiro atoms. The number of likely N-dealkylation sites (tertiary alicyclic amines) is 1. The van der Waals surface area contributed by atoms with Gasteiger partial charge in [-0.3, -0.25) is 14.5 Å². The molecule has 17 heavy (non-hydrogen) atoms. The van der Waals surface area contributed by atoms with E-state index in [-0.39, 0.29) is 11.3 Å². The van der Waals surface area contributed by atoms with Crippen LogP contribution in [0.2, 0.25) is 0 Å². The van der Waals surface area contributed by atoms with Gasteiger partial charge in [-0.05, 0) is 12.5 Å². The number of carbonyl (C=O) groups is 3. The largest absolute Gasteiger partial charge is 0.477 e. The van der Waals surface area contributed by atoms with Crippen molar-refractivity contribution in [3.05, 3.63) is 11.3 Å². The van der Waals surface area contributed by atoms with E-state index in [0.29, 0.717) is 6.41 Å². The average molecular weight is 263 g/mol. The molecule has 1 heterocycles. The molecule has 0 aromatic carbocycles. The van der Waals surface area contributed by atoms with E-state index < -0.39 is 30.0 Å². The highest BCUT2D eigenvalue weighted by Crippen LogP contribution is 2.29. The number of alkyl halides is 1. The third kappa shape index (κ3) is 2.25. The summed E-state index contributed by atoms with van der Waals surface area (Å²) in [6.07, 6.45) is 0.318. The Bertz CT molecular complexity index is 395. The fourth-order valence-electron chi connectivity index (χ4n) is 1.48. The monoisotopic (exact) mass is 262 g/mol. The van der Waals surface area contributed by atoms with Crippen molar-refractivity contribution in [2.45, 2.75) is 18.5 Å². The van der Waals surface area contributed by atoms with Crippen molar-refractivity contribution in [2.75, 3.05) is 6.61 Å². The molecule has 0 saturated carbocycles. The van der Waals surface area contributed by atoms with Gasteiger partial charge in [-0.25, -0.2) is 4.79 Å². The van der Waals surface area contributed by atoms with Gasteiger partial charge in [0.2, 0.25) is 6.41 Å². The summed E-state index contributed by atoms with van der Waals surface area (Å²) in [6.45, 7) is 0.877. The molecule has 1 saturated heterocycles. The number of halogens is 1. The first-order valence-electron chi connectivity index (χ1n) is 4.66. The summed E-state index contributed by atoms with van der Waals surface area (Å²) >= 11 is 5.80. The van der Waals surface area contributed by atoms with Gasteiger partial charge in [0, 0.05) is 0 Å². The van der Waals surface area contributed by atoms with Crippen LogP contribution in [0.25, 0.3) is 0 Å². The third-order valence-electron chi connectivity index (χ3n) is 2.36. The normalized spacial score (nSPS) is 24.9. The van der Waals surface area contributed by atoms with E-state index in [2.05, 4.69) is 5.32 Å². The molecule has 0 bridgehead atoms. The molecular weight excluding hydrogens is 252 g/mol. The summed E-state index contributed by atoms with van der Waals surface area (Å²) in [6, 6.07) is -0.935. The number of nitrogens with one attached hydrogen (secondary N) is 1. The molecule has 8 heteroatoms. The van der Waals surface area contributed by atoms with E-state index >= 15 is 0 Å². The number of nitrogens with zero attached hydrogens (tertiary/aromatic N) is 1. The maximum absolute atomic E-state index is 11.6. The van der Waals surface area contributed by atoms with E-state index in [1.165, 1.54) is 6.92 Å². The maximum Gasteiger partial charge on any atom is 0.352 e. The molecule has 2 atom stereocenters. The van der Waals surface area contributed by atoms with Crippen LogP contribution in [0.4, 0.5) is 0 Å². The van der Waals surface area contributed by atoms with Gasteiger partial charge in [-0.15, -0.1) is 0 Å². The van der Waals surface area contributed by atoms with Crippen molar-refractivity contribution < 1.29 is 24.6 Å². The van der Waals surface area contributed by atoms with Gasteiger partial charge in [0.25, 0.3) is 5.91 Å². The third-order valence-corrected chi connectivity index (χ3v) is 2.80. The molecule has 3 N–H and O–H groups in total. The number of carbonyl (C=O) groups excluding carboxylic acids is 2. The van der Waals surface area contributed by atoms with E-state index in [1.54, 1.807) is 0 Å². The van der Waals surface area contributed by atoms with E-state index in [0.717, 1.165) is 4.90 Å². The van der Waals surface area contributed by atoms with E-state index in [9.17, 15) is 14.4 Å².